The van der Waals surface area contributed by atoms with Crippen LogP contribution in [0.5, 0.6) is 5.75 Å². The smallest absolute Gasteiger partial charge is 0.358 e. The third-order valence-electron chi connectivity index (χ3n) is 4.30. The number of carboxylic acids is 1. The lowest BCUT2D eigenvalue weighted by atomic mass is 10.0. The van der Waals surface area contributed by atoms with Crippen molar-refractivity contribution in [1.29, 1.82) is 0 Å². The van der Waals surface area contributed by atoms with Crippen LogP contribution in [0.4, 0.5) is 0 Å². The van der Waals surface area contributed by atoms with Crippen LogP contribution in [-0.2, 0) is 6.54 Å². The Morgan fingerprint density at radius 2 is 2.17 bits per heavy atom. The van der Waals surface area contributed by atoms with Gasteiger partial charge in [0.15, 0.2) is 5.69 Å². The van der Waals surface area contributed by atoms with Gasteiger partial charge in [-0.2, -0.15) is 0 Å². The number of nitrogens with zero attached hydrogens (tertiary/aromatic N) is 4. The highest BCUT2D eigenvalue weighted by atomic mass is 79.9. The van der Waals surface area contributed by atoms with Crippen molar-refractivity contribution in [2.24, 2.45) is 0 Å². The molecule has 7 nitrogen and oxygen atoms in total. The van der Waals surface area contributed by atoms with E-state index in [9.17, 15) is 4.79 Å². The first-order valence-electron chi connectivity index (χ1n) is 7.76. The van der Waals surface area contributed by atoms with Crippen molar-refractivity contribution in [3.8, 4) is 5.75 Å². The van der Waals surface area contributed by atoms with Crippen molar-refractivity contribution in [3.05, 3.63) is 40.1 Å². The highest BCUT2D eigenvalue weighted by molar-refractivity contribution is 9.10. The van der Waals surface area contributed by atoms with Crippen molar-refractivity contribution >= 4 is 21.9 Å². The largest absolute Gasteiger partial charge is 0.496 e. The van der Waals surface area contributed by atoms with Crippen molar-refractivity contribution in [2.45, 2.75) is 25.4 Å². The van der Waals surface area contributed by atoms with Gasteiger partial charge < -0.3 is 9.84 Å². The number of rotatable bonds is 5. The number of hydrogen-bond donors (Lipinski definition) is 1. The Morgan fingerprint density at radius 3 is 2.79 bits per heavy atom. The quantitative estimate of drug-likeness (QED) is 0.839. The Bertz CT molecular complexity index is 726. The topological polar surface area (TPSA) is 80.5 Å². The zero-order valence-electron chi connectivity index (χ0n) is 13.4. The predicted octanol–water partition coefficient (Wildman–Crippen LogP) is 2.58. The van der Waals surface area contributed by atoms with Gasteiger partial charge in [-0.05, 0) is 31.0 Å². The zero-order chi connectivity index (χ0) is 17.1. The molecule has 0 radical (unpaired) electrons. The molecular formula is C16H19BrN4O3. The van der Waals surface area contributed by atoms with E-state index >= 15 is 0 Å². The fraction of sp³-hybridized carbons (Fsp3) is 0.438. The van der Waals surface area contributed by atoms with Crippen LogP contribution >= 0.6 is 15.9 Å². The third kappa shape index (κ3) is 3.76. The molecule has 1 aromatic carbocycles. The fourth-order valence-electron chi connectivity index (χ4n) is 3.01. The second kappa shape index (κ2) is 7.31. The number of hydrogen-bond acceptors (Lipinski definition) is 5. The van der Waals surface area contributed by atoms with Crippen LogP contribution in [0.1, 0.15) is 34.9 Å². The molecule has 2 aromatic rings. The molecule has 0 amide bonds. The summed E-state index contributed by atoms with van der Waals surface area (Å²) in [6, 6.07) is 6.22. The molecule has 2 heterocycles. The van der Waals surface area contributed by atoms with E-state index < -0.39 is 5.97 Å². The van der Waals surface area contributed by atoms with Crippen LogP contribution in [0, 0.1) is 0 Å². The van der Waals surface area contributed by atoms with E-state index in [1.807, 2.05) is 12.1 Å². The molecule has 8 heteroatoms. The van der Waals surface area contributed by atoms with E-state index in [1.54, 1.807) is 11.8 Å². The molecule has 0 bridgehead atoms. The first-order valence-corrected chi connectivity index (χ1v) is 8.56. The molecule has 128 valence electrons. The monoisotopic (exact) mass is 394 g/mol. The maximum absolute atomic E-state index is 10.9. The molecule has 3 rings (SSSR count). The van der Waals surface area contributed by atoms with Crippen molar-refractivity contribution in [1.82, 2.24) is 19.9 Å². The molecule has 0 spiro atoms. The van der Waals surface area contributed by atoms with Crippen LogP contribution in [0.2, 0.25) is 0 Å². The van der Waals surface area contributed by atoms with Gasteiger partial charge in [-0.1, -0.05) is 21.1 Å². The normalized spacial score (nSPS) is 16.2. The van der Waals surface area contributed by atoms with E-state index in [2.05, 4.69) is 37.2 Å². The Morgan fingerprint density at radius 1 is 1.42 bits per heavy atom. The van der Waals surface area contributed by atoms with E-state index in [4.69, 9.17) is 9.84 Å². The second-order valence-corrected chi connectivity index (χ2v) is 6.77. The van der Waals surface area contributed by atoms with E-state index in [0.717, 1.165) is 48.3 Å². The van der Waals surface area contributed by atoms with Crippen molar-refractivity contribution in [3.63, 3.8) is 0 Å². The average molecular weight is 395 g/mol. The van der Waals surface area contributed by atoms with E-state index in [1.165, 1.54) is 6.20 Å². The molecule has 1 aliphatic rings. The number of benzene rings is 1. The standard InChI is InChI=1S/C16H19BrN4O3/c1-24-15-3-2-12(17)8-11(15)9-20-6-4-13(5-7-20)21-10-14(16(22)23)18-19-21/h2-3,8,10,13H,4-7,9H2,1H3,(H,22,23). The van der Waals surface area contributed by atoms with Crippen LogP contribution in [0.3, 0.4) is 0 Å². The number of halogens is 1. The molecule has 1 aromatic heterocycles. The molecule has 0 aliphatic carbocycles. The van der Waals surface area contributed by atoms with Gasteiger partial charge >= 0.3 is 5.97 Å². The summed E-state index contributed by atoms with van der Waals surface area (Å²) in [5.74, 6) is -0.150. The lowest BCUT2D eigenvalue weighted by molar-refractivity contribution is 0.0690. The first kappa shape index (κ1) is 16.9. The summed E-state index contributed by atoms with van der Waals surface area (Å²) >= 11 is 3.50. The minimum Gasteiger partial charge on any atom is -0.496 e. The van der Waals surface area contributed by atoms with Crippen molar-refractivity contribution in [2.75, 3.05) is 20.2 Å². The average Bonchev–Trinajstić information content (AvgIpc) is 3.06. The third-order valence-corrected chi connectivity index (χ3v) is 4.79. The SMILES string of the molecule is COc1ccc(Br)cc1CN1CCC(n2cc(C(=O)O)nn2)CC1. The molecule has 24 heavy (non-hydrogen) atoms. The van der Waals surface area contributed by atoms with Gasteiger partial charge in [0.2, 0.25) is 0 Å². The van der Waals surface area contributed by atoms with E-state index in [0.29, 0.717) is 0 Å². The molecule has 1 N–H and O–H groups in total. The van der Waals surface area contributed by atoms with Crippen molar-refractivity contribution < 1.29 is 14.6 Å². The predicted molar refractivity (Wildman–Crippen MR) is 91.2 cm³/mol. The summed E-state index contributed by atoms with van der Waals surface area (Å²) in [5, 5.41) is 16.6. The molecule has 1 fully saturated rings. The van der Waals surface area contributed by atoms with Crippen LogP contribution in [0.15, 0.2) is 28.9 Å². The van der Waals surface area contributed by atoms with Gasteiger partial charge in [0, 0.05) is 29.7 Å². The lowest BCUT2D eigenvalue weighted by Crippen LogP contribution is -2.34. The minimum absolute atomic E-state index is 0.00342. The van der Waals surface area contributed by atoms with Crippen LogP contribution in [0.25, 0.3) is 0 Å². The number of methoxy groups -OCH3 is 1. The lowest BCUT2D eigenvalue weighted by Gasteiger charge is -2.32. The Hall–Kier alpha value is -1.93. The molecular weight excluding hydrogens is 376 g/mol. The second-order valence-electron chi connectivity index (χ2n) is 5.85. The number of ether oxygens (including phenoxy) is 1. The van der Waals surface area contributed by atoms with Crippen LogP contribution < -0.4 is 4.74 Å². The summed E-state index contributed by atoms with van der Waals surface area (Å²) in [6.07, 6.45) is 3.34. The fourth-order valence-corrected chi connectivity index (χ4v) is 3.42. The number of piperidine rings is 1. The maximum atomic E-state index is 10.9. The molecule has 0 unspecified atom stereocenters. The highest BCUT2D eigenvalue weighted by Gasteiger charge is 2.23. The van der Waals surface area contributed by atoms with Gasteiger partial charge in [-0.25, -0.2) is 9.48 Å². The van der Waals surface area contributed by atoms with Gasteiger partial charge in [-0.15, -0.1) is 5.10 Å². The molecule has 0 saturated carbocycles. The maximum Gasteiger partial charge on any atom is 0.358 e. The van der Waals surface area contributed by atoms with Gasteiger partial charge in [0.05, 0.1) is 19.3 Å². The Labute approximate surface area is 148 Å². The number of aromatic nitrogens is 3. The number of carbonyl (C=O) groups is 1. The summed E-state index contributed by atoms with van der Waals surface area (Å²) in [6.45, 7) is 2.66. The first-order chi connectivity index (χ1) is 11.6. The Balaban J connectivity index is 1.61. The highest BCUT2D eigenvalue weighted by Crippen LogP contribution is 2.27. The summed E-state index contributed by atoms with van der Waals surface area (Å²) in [5.41, 5.74) is 1.15. The Kier molecular flexibility index (Phi) is 5.15. The number of aromatic carboxylic acids is 1. The number of likely N-dealkylation sites (tertiary alicyclic amines) is 1. The van der Waals surface area contributed by atoms with Gasteiger partial charge in [0.1, 0.15) is 5.75 Å². The van der Waals surface area contributed by atoms with Crippen LogP contribution in [-0.4, -0.2) is 51.2 Å². The summed E-state index contributed by atoms with van der Waals surface area (Å²) < 4.78 is 8.15. The van der Waals surface area contributed by atoms with E-state index in [-0.39, 0.29) is 11.7 Å². The molecule has 1 saturated heterocycles. The minimum atomic E-state index is -1.04. The van der Waals surface area contributed by atoms with Gasteiger partial charge in [-0.3, -0.25) is 4.90 Å². The van der Waals surface area contributed by atoms with Gasteiger partial charge in [0.25, 0.3) is 0 Å². The molecule has 1 aliphatic heterocycles. The summed E-state index contributed by atoms with van der Waals surface area (Å²) in [7, 11) is 1.68. The molecule has 0 atom stereocenters. The summed E-state index contributed by atoms with van der Waals surface area (Å²) in [4.78, 5) is 13.3. The number of carboxylic acid groups (broad SMARTS) is 1. The zero-order valence-corrected chi connectivity index (χ0v) is 14.9.